The topological polar surface area (TPSA) is 98.5 Å². The Balaban J connectivity index is 2.31. The second kappa shape index (κ2) is 6.12. The molecule has 0 saturated carbocycles. The van der Waals surface area contributed by atoms with Gasteiger partial charge in [-0.25, -0.2) is 4.79 Å². The highest BCUT2D eigenvalue weighted by molar-refractivity contribution is 5.90. The van der Waals surface area contributed by atoms with E-state index < -0.39 is 5.97 Å². The molecule has 1 aromatic carbocycles. The normalized spacial score (nSPS) is 10.2. The zero-order valence-electron chi connectivity index (χ0n) is 12.0. The lowest BCUT2D eigenvalue weighted by molar-refractivity contribution is 0.0696. The number of hydrogen-bond acceptors (Lipinski definition) is 6. The fourth-order valence-electron chi connectivity index (χ4n) is 1.87. The Bertz CT molecular complexity index is 654. The Labute approximate surface area is 121 Å². The van der Waals surface area contributed by atoms with Gasteiger partial charge in [0, 0.05) is 7.05 Å². The van der Waals surface area contributed by atoms with E-state index >= 15 is 0 Å². The predicted molar refractivity (Wildman–Crippen MR) is 74.8 cm³/mol. The van der Waals surface area contributed by atoms with Crippen LogP contribution in [0.5, 0.6) is 11.5 Å². The van der Waals surface area contributed by atoms with Crippen molar-refractivity contribution in [3.05, 3.63) is 29.6 Å². The Hall–Kier alpha value is -2.77. The van der Waals surface area contributed by atoms with Crippen molar-refractivity contribution in [1.82, 2.24) is 15.0 Å². The molecule has 21 heavy (non-hydrogen) atoms. The SMILES string of the molecule is COc1cc(C(=O)O)cc(NCc2cnn(C)n2)c1OC. The Morgan fingerprint density at radius 3 is 2.67 bits per heavy atom. The van der Waals surface area contributed by atoms with Crippen LogP contribution in [0.15, 0.2) is 18.3 Å². The minimum atomic E-state index is -1.04. The van der Waals surface area contributed by atoms with Crippen LogP contribution in [0.2, 0.25) is 0 Å². The summed E-state index contributed by atoms with van der Waals surface area (Å²) in [5, 5.41) is 20.3. The number of carboxylic acids is 1. The molecule has 2 aromatic rings. The third kappa shape index (κ3) is 3.22. The number of nitrogens with zero attached hydrogens (tertiary/aromatic N) is 3. The minimum absolute atomic E-state index is 0.106. The number of rotatable bonds is 6. The van der Waals surface area contributed by atoms with E-state index in [1.165, 1.54) is 31.1 Å². The lowest BCUT2D eigenvalue weighted by atomic mass is 10.1. The molecule has 1 aromatic heterocycles. The van der Waals surface area contributed by atoms with Crippen molar-refractivity contribution < 1.29 is 19.4 Å². The van der Waals surface area contributed by atoms with Crippen molar-refractivity contribution in [2.45, 2.75) is 6.54 Å². The van der Waals surface area contributed by atoms with Crippen LogP contribution < -0.4 is 14.8 Å². The fraction of sp³-hybridized carbons (Fsp3) is 0.308. The van der Waals surface area contributed by atoms with Crippen molar-refractivity contribution >= 4 is 11.7 Å². The molecule has 2 N–H and O–H groups in total. The number of carboxylic acid groups (broad SMARTS) is 1. The molecule has 112 valence electrons. The van der Waals surface area contributed by atoms with Gasteiger partial charge in [0.15, 0.2) is 11.5 Å². The number of aromatic carboxylic acids is 1. The molecule has 0 saturated heterocycles. The molecule has 0 aliphatic rings. The summed E-state index contributed by atoms with van der Waals surface area (Å²) in [6, 6.07) is 2.90. The smallest absolute Gasteiger partial charge is 0.335 e. The van der Waals surface area contributed by atoms with Gasteiger partial charge in [-0.3, -0.25) is 0 Å². The summed E-state index contributed by atoms with van der Waals surface area (Å²) in [4.78, 5) is 12.6. The van der Waals surface area contributed by atoms with Gasteiger partial charge < -0.3 is 19.9 Å². The lowest BCUT2D eigenvalue weighted by Crippen LogP contribution is -2.06. The summed E-state index contributed by atoms with van der Waals surface area (Å²) in [6.07, 6.45) is 1.62. The second-order valence-electron chi connectivity index (χ2n) is 4.24. The lowest BCUT2D eigenvalue weighted by Gasteiger charge is -2.14. The number of hydrogen-bond donors (Lipinski definition) is 2. The summed E-state index contributed by atoms with van der Waals surface area (Å²) in [5.41, 5.74) is 1.34. The fourth-order valence-corrected chi connectivity index (χ4v) is 1.87. The summed E-state index contributed by atoms with van der Waals surface area (Å²) in [6.45, 7) is 0.385. The maximum Gasteiger partial charge on any atom is 0.335 e. The number of ether oxygens (including phenoxy) is 2. The van der Waals surface area contributed by atoms with Crippen molar-refractivity contribution in [1.29, 1.82) is 0 Å². The van der Waals surface area contributed by atoms with Gasteiger partial charge in [-0.05, 0) is 12.1 Å². The molecular formula is C13H16N4O4. The molecule has 0 radical (unpaired) electrons. The third-order valence-electron chi connectivity index (χ3n) is 2.83. The molecule has 0 fully saturated rings. The van der Waals surface area contributed by atoms with Gasteiger partial charge in [-0.1, -0.05) is 0 Å². The van der Waals surface area contributed by atoms with E-state index in [0.717, 1.165) is 5.69 Å². The van der Waals surface area contributed by atoms with Gasteiger partial charge >= 0.3 is 5.97 Å². The molecule has 0 amide bonds. The molecule has 0 bridgehead atoms. The Morgan fingerprint density at radius 2 is 2.14 bits per heavy atom. The van der Waals surface area contributed by atoms with Crippen LogP contribution >= 0.6 is 0 Å². The van der Waals surface area contributed by atoms with Crippen LogP contribution in [0.1, 0.15) is 16.1 Å². The maximum absolute atomic E-state index is 11.1. The van der Waals surface area contributed by atoms with Gasteiger partial charge in [0.05, 0.1) is 38.2 Å². The molecule has 0 aliphatic heterocycles. The van der Waals surface area contributed by atoms with E-state index in [1.54, 1.807) is 13.2 Å². The first-order valence-electron chi connectivity index (χ1n) is 6.13. The van der Waals surface area contributed by atoms with Crippen LogP contribution in [0.25, 0.3) is 0 Å². The van der Waals surface area contributed by atoms with Gasteiger partial charge in [-0.2, -0.15) is 15.0 Å². The quantitative estimate of drug-likeness (QED) is 0.823. The molecular weight excluding hydrogens is 276 g/mol. The van der Waals surface area contributed by atoms with E-state index in [-0.39, 0.29) is 5.56 Å². The third-order valence-corrected chi connectivity index (χ3v) is 2.83. The van der Waals surface area contributed by atoms with E-state index in [4.69, 9.17) is 14.6 Å². The van der Waals surface area contributed by atoms with Crippen LogP contribution in [0.3, 0.4) is 0 Å². The van der Waals surface area contributed by atoms with Gasteiger partial charge in [0.25, 0.3) is 0 Å². The molecule has 0 unspecified atom stereocenters. The van der Waals surface area contributed by atoms with Crippen LogP contribution in [0, 0.1) is 0 Å². The van der Waals surface area contributed by atoms with Crippen molar-refractivity contribution in [3.63, 3.8) is 0 Å². The van der Waals surface area contributed by atoms with Crippen LogP contribution in [-0.4, -0.2) is 40.3 Å². The van der Waals surface area contributed by atoms with Crippen LogP contribution in [0.4, 0.5) is 5.69 Å². The predicted octanol–water partition coefficient (Wildman–Crippen LogP) is 1.14. The first-order valence-corrected chi connectivity index (χ1v) is 6.13. The molecule has 0 atom stereocenters. The Morgan fingerprint density at radius 1 is 1.38 bits per heavy atom. The average Bonchev–Trinajstić information content (AvgIpc) is 2.89. The molecule has 2 rings (SSSR count). The summed E-state index contributed by atoms with van der Waals surface area (Å²) >= 11 is 0. The highest BCUT2D eigenvalue weighted by Gasteiger charge is 2.16. The zero-order chi connectivity index (χ0) is 15.4. The average molecular weight is 292 g/mol. The molecule has 8 heteroatoms. The number of benzene rings is 1. The minimum Gasteiger partial charge on any atom is -0.493 e. The number of aryl methyl sites for hydroxylation is 1. The molecule has 8 nitrogen and oxygen atoms in total. The van der Waals surface area contributed by atoms with Crippen molar-refractivity contribution in [3.8, 4) is 11.5 Å². The first-order chi connectivity index (χ1) is 10.0. The highest BCUT2D eigenvalue weighted by Crippen LogP contribution is 2.36. The number of carbonyl (C=O) groups is 1. The number of nitrogens with one attached hydrogen (secondary N) is 1. The molecule has 1 heterocycles. The number of aromatic nitrogens is 3. The largest absolute Gasteiger partial charge is 0.493 e. The van der Waals surface area contributed by atoms with E-state index in [1.807, 2.05) is 0 Å². The van der Waals surface area contributed by atoms with Gasteiger partial charge in [0.2, 0.25) is 0 Å². The van der Waals surface area contributed by atoms with Crippen molar-refractivity contribution in [2.24, 2.45) is 7.05 Å². The van der Waals surface area contributed by atoms with Crippen LogP contribution in [-0.2, 0) is 13.6 Å². The summed E-state index contributed by atoms with van der Waals surface area (Å²) in [5.74, 6) is -0.260. The highest BCUT2D eigenvalue weighted by atomic mass is 16.5. The van der Waals surface area contributed by atoms with Crippen molar-refractivity contribution in [2.75, 3.05) is 19.5 Å². The van der Waals surface area contributed by atoms with Gasteiger partial charge in [-0.15, -0.1) is 0 Å². The standard InChI is InChI=1S/C13H16N4O4/c1-17-15-7-9(16-17)6-14-10-4-8(13(18)19)5-11(20-2)12(10)21-3/h4-5,7,14H,6H2,1-3H3,(H,18,19). The summed E-state index contributed by atoms with van der Waals surface area (Å²) in [7, 11) is 4.67. The van der Waals surface area contributed by atoms with E-state index in [0.29, 0.717) is 23.7 Å². The number of methoxy groups -OCH3 is 2. The van der Waals surface area contributed by atoms with E-state index in [2.05, 4.69) is 15.5 Å². The number of anilines is 1. The summed E-state index contributed by atoms with van der Waals surface area (Å²) < 4.78 is 10.4. The van der Waals surface area contributed by atoms with E-state index in [9.17, 15) is 4.79 Å². The first kappa shape index (κ1) is 14.6. The zero-order valence-corrected chi connectivity index (χ0v) is 12.0. The van der Waals surface area contributed by atoms with Gasteiger partial charge in [0.1, 0.15) is 5.69 Å². The monoisotopic (exact) mass is 292 g/mol. The molecule has 0 aliphatic carbocycles. The molecule has 0 spiro atoms. The maximum atomic E-state index is 11.1. The second-order valence-corrected chi connectivity index (χ2v) is 4.24. The Kier molecular flexibility index (Phi) is 4.27.